The largest absolute Gasteiger partial charge is 0.0776 e. The van der Waals surface area contributed by atoms with Gasteiger partial charge in [-0.3, -0.25) is 0 Å². The summed E-state index contributed by atoms with van der Waals surface area (Å²) >= 11 is 0. The number of hydrogen-bond donors (Lipinski definition) is 0. The van der Waals surface area contributed by atoms with Gasteiger partial charge in [0.15, 0.2) is 0 Å². The minimum absolute atomic E-state index is 1.33. The molecule has 7 rings (SSSR count). The van der Waals surface area contributed by atoms with Crippen molar-refractivity contribution in [3.8, 4) is 22.3 Å². The maximum Gasteiger partial charge on any atom is 0.0776 e. The van der Waals surface area contributed by atoms with Crippen LogP contribution < -0.4 is 5.19 Å². The van der Waals surface area contributed by atoms with Crippen molar-refractivity contribution in [1.29, 1.82) is 0 Å². The van der Waals surface area contributed by atoms with Crippen LogP contribution in [0.25, 0.3) is 65.3 Å². The molecule has 0 bridgehead atoms. The molecule has 142 valence electrons. The average Bonchev–Trinajstić information content (AvgIpc) is 3.08. The Kier molecular flexibility index (Phi) is 2.94. The Morgan fingerprint density at radius 1 is 0.467 bits per heavy atom. The van der Waals surface area contributed by atoms with E-state index in [1.807, 2.05) is 0 Å². The maximum atomic E-state index is 2.48. The molecule has 0 spiro atoms. The predicted molar refractivity (Wildman–Crippen MR) is 135 cm³/mol. The van der Waals surface area contributed by atoms with E-state index in [9.17, 15) is 0 Å². The normalized spacial score (nSPS) is 13.2. The van der Waals surface area contributed by atoms with Crippen LogP contribution in [0.15, 0.2) is 78.9 Å². The minimum Gasteiger partial charge on any atom is -0.0656 e. The van der Waals surface area contributed by atoms with Crippen LogP contribution in [0.5, 0.6) is 0 Å². The average molecular weight is 399 g/mol. The third kappa shape index (κ3) is 1.92. The van der Waals surface area contributed by atoms with Crippen molar-refractivity contribution in [3.63, 3.8) is 0 Å². The van der Waals surface area contributed by atoms with E-state index in [0.717, 1.165) is 0 Å². The highest BCUT2D eigenvalue weighted by molar-refractivity contribution is 6.88. The van der Waals surface area contributed by atoms with Crippen molar-refractivity contribution in [1.82, 2.24) is 0 Å². The fraction of sp³-hybridized carbons (Fsp3) is 0.103. The quantitative estimate of drug-likeness (QED) is 0.150. The molecular formula is C29H22Si. The summed E-state index contributed by atoms with van der Waals surface area (Å²) in [5, 5.41) is 12.6. The van der Waals surface area contributed by atoms with Gasteiger partial charge in [-0.25, -0.2) is 0 Å². The van der Waals surface area contributed by atoms with Crippen LogP contribution in [0.4, 0.5) is 0 Å². The van der Waals surface area contributed by atoms with E-state index in [4.69, 9.17) is 0 Å². The number of fused-ring (bicyclic) bond motifs is 5. The van der Waals surface area contributed by atoms with Gasteiger partial charge in [-0.1, -0.05) is 104 Å². The second-order valence-corrected chi connectivity index (χ2v) is 14.9. The van der Waals surface area contributed by atoms with E-state index in [0.29, 0.717) is 0 Å². The van der Waals surface area contributed by atoms with Crippen molar-refractivity contribution in [3.05, 3.63) is 78.9 Å². The van der Waals surface area contributed by atoms with Crippen LogP contribution >= 0.6 is 0 Å². The van der Waals surface area contributed by atoms with E-state index in [1.54, 1.807) is 0 Å². The molecule has 0 N–H and O–H groups in total. The van der Waals surface area contributed by atoms with Crippen LogP contribution in [0.1, 0.15) is 0 Å². The molecule has 1 aliphatic rings. The zero-order valence-corrected chi connectivity index (χ0v) is 18.5. The van der Waals surface area contributed by atoms with Gasteiger partial charge < -0.3 is 0 Å². The molecule has 30 heavy (non-hydrogen) atoms. The lowest BCUT2D eigenvalue weighted by molar-refractivity contribution is 1.67. The second kappa shape index (κ2) is 5.30. The summed E-state index contributed by atoms with van der Waals surface area (Å²) in [6.45, 7) is 7.30. The van der Waals surface area contributed by atoms with Gasteiger partial charge >= 0.3 is 0 Å². The molecule has 0 aromatic heterocycles. The molecule has 0 aliphatic heterocycles. The zero-order chi connectivity index (χ0) is 20.2. The Morgan fingerprint density at radius 2 is 1.03 bits per heavy atom. The van der Waals surface area contributed by atoms with Crippen molar-refractivity contribution in [2.24, 2.45) is 0 Å². The molecule has 0 fully saturated rings. The fourth-order valence-corrected chi connectivity index (χ4v) is 6.81. The lowest BCUT2D eigenvalue weighted by Gasteiger charge is -2.18. The number of benzene rings is 6. The summed E-state index contributed by atoms with van der Waals surface area (Å²) in [6.07, 6.45) is 0. The summed E-state index contributed by atoms with van der Waals surface area (Å²) in [7, 11) is -1.36. The van der Waals surface area contributed by atoms with Crippen molar-refractivity contribution in [2.45, 2.75) is 19.6 Å². The predicted octanol–water partition coefficient (Wildman–Crippen LogP) is 7.93. The highest BCUT2D eigenvalue weighted by Crippen LogP contribution is 2.51. The second-order valence-electron chi connectivity index (χ2n) is 9.79. The Morgan fingerprint density at radius 3 is 1.67 bits per heavy atom. The van der Waals surface area contributed by atoms with Gasteiger partial charge in [-0.2, -0.15) is 0 Å². The van der Waals surface area contributed by atoms with Gasteiger partial charge in [0.1, 0.15) is 0 Å². The standard InChI is InChI=1S/C29H22Si/c1-30(2,3)18-10-11-19-22-12-13-23-20-8-4-6-17-7-5-9-21(27(17)20)24-14-15-25(26(19)16-18)28(22)29(23)24/h4-16H,1-3H3. The summed E-state index contributed by atoms with van der Waals surface area (Å²) in [4.78, 5) is 0. The van der Waals surface area contributed by atoms with E-state index >= 15 is 0 Å². The summed E-state index contributed by atoms with van der Waals surface area (Å²) in [5.74, 6) is 0. The van der Waals surface area contributed by atoms with Crippen molar-refractivity contribution < 1.29 is 0 Å². The molecule has 0 unspecified atom stereocenters. The van der Waals surface area contributed by atoms with E-state index in [2.05, 4.69) is 98.5 Å². The van der Waals surface area contributed by atoms with Crippen LogP contribution in [-0.4, -0.2) is 8.07 Å². The monoisotopic (exact) mass is 398 g/mol. The molecule has 1 aliphatic carbocycles. The molecular weight excluding hydrogens is 376 g/mol. The smallest absolute Gasteiger partial charge is 0.0656 e. The first-order valence-corrected chi connectivity index (χ1v) is 14.3. The fourth-order valence-electron chi connectivity index (χ4n) is 5.65. The third-order valence-corrected chi connectivity index (χ3v) is 9.15. The SMILES string of the molecule is C[Si](C)(C)c1ccc2c(c1)-c1ccc3c4cccc5cccc(c6ccc-2c1c63)c54. The van der Waals surface area contributed by atoms with Crippen LogP contribution in [0, 0.1) is 0 Å². The highest BCUT2D eigenvalue weighted by atomic mass is 28.3. The van der Waals surface area contributed by atoms with E-state index < -0.39 is 8.07 Å². The Hall–Kier alpha value is -3.16. The first-order valence-electron chi connectivity index (χ1n) is 10.8. The van der Waals surface area contributed by atoms with Gasteiger partial charge in [0, 0.05) is 0 Å². The molecule has 0 saturated carbocycles. The minimum atomic E-state index is -1.36. The topological polar surface area (TPSA) is 0 Å². The molecule has 0 radical (unpaired) electrons. The Bertz CT molecular complexity index is 1610. The van der Waals surface area contributed by atoms with E-state index in [-0.39, 0.29) is 0 Å². The molecule has 1 heteroatoms. The van der Waals surface area contributed by atoms with Crippen LogP contribution in [0.3, 0.4) is 0 Å². The molecule has 0 heterocycles. The lowest BCUT2D eigenvalue weighted by atomic mass is 9.88. The molecule has 0 atom stereocenters. The van der Waals surface area contributed by atoms with Crippen molar-refractivity contribution in [2.75, 3.05) is 0 Å². The lowest BCUT2D eigenvalue weighted by Crippen LogP contribution is -2.37. The summed E-state index contributed by atoms with van der Waals surface area (Å²) in [6, 6.07) is 30.1. The summed E-state index contributed by atoms with van der Waals surface area (Å²) in [5.41, 5.74) is 5.62. The van der Waals surface area contributed by atoms with Gasteiger partial charge in [0.25, 0.3) is 0 Å². The molecule has 0 saturated heterocycles. The third-order valence-electron chi connectivity index (χ3n) is 7.11. The van der Waals surface area contributed by atoms with Gasteiger partial charge in [0.2, 0.25) is 0 Å². The van der Waals surface area contributed by atoms with Gasteiger partial charge in [-0.05, 0) is 65.3 Å². The Labute approximate surface area is 177 Å². The Balaban J connectivity index is 1.70. The summed E-state index contributed by atoms with van der Waals surface area (Å²) < 4.78 is 0. The maximum absolute atomic E-state index is 2.48. The first kappa shape index (κ1) is 16.6. The van der Waals surface area contributed by atoms with Gasteiger partial charge in [0.05, 0.1) is 8.07 Å². The van der Waals surface area contributed by atoms with Crippen LogP contribution in [-0.2, 0) is 0 Å². The molecule has 6 aromatic carbocycles. The van der Waals surface area contributed by atoms with Crippen LogP contribution in [0.2, 0.25) is 19.6 Å². The molecule has 0 amide bonds. The number of hydrogen-bond acceptors (Lipinski definition) is 0. The molecule has 6 aromatic rings. The van der Waals surface area contributed by atoms with E-state index in [1.165, 1.54) is 70.5 Å². The van der Waals surface area contributed by atoms with Crippen molar-refractivity contribution >= 4 is 56.4 Å². The first-order chi connectivity index (χ1) is 14.5. The molecule has 0 nitrogen and oxygen atoms in total. The zero-order valence-electron chi connectivity index (χ0n) is 17.5. The van der Waals surface area contributed by atoms with Gasteiger partial charge in [-0.15, -0.1) is 0 Å². The highest BCUT2D eigenvalue weighted by Gasteiger charge is 2.26. The number of rotatable bonds is 1.